The van der Waals surface area contributed by atoms with Gasteiger partial charge in [-0.05, 0) is 24.3 Å². The molecule has 0 spiro atoms. The SMILES string of the molecule is COc1ccccc1N1C(=O)NC(=O)[C@@H](C=Nc2ccccc2F)C1=O. The zero-order valence-corrected chi connectivity index (χ0v) is 13.7. The Balaban J connectivity index is 1.95. The monoisotopic (exact) mass is 355 g/mol. The van der Waals surface area contributed by atoms with E-state index in [4.69, 9.17) is 4.74 Å². The molecule has 7 nitrogen and oxygen atoms in total. The Bertz CT molecular complexity index is 913. The molecule has 0 aromatic heterocycles. The number of carbonyl (C=O) groups excluding carboxylic acids is 3. The summed E-state index contributed by atoms with van der Waals surface area (Å²) in [4.78, 5) is 41.6. The molecule has 1 fully saturated rings. The minimum Gasteiger partial charge on any atom is -0.495 e. The van der Waals surface area contributed by atoms with E-state index in [1.165, 1.54) is 31.4 Å². The van der Waals surface area contributed by atoms with Gasteiger partial charge >= 0.3 is 6.03 Å². The molecule has 4 amide bonds. The molecular weight excluding hydrogens is 341 g/mol. The van der Waals surface area contributed by atoms with Crippen molar-refractivity contribution in [2.75, 3.05) is 12.0 Å². The maximum Gasteiger partial charge on any atom is 0.335 e. The lowest BCUT2D eigenvalue weighted by molar-refractivity contribution is -0.131. The first-order chi connectivity index (χ1) is 12.5. The van der Waals surface area contributed by atoms with Crippen LogP contribution >= 0.6 is 0 Å². The molecule has 1 aliphatic rings. The standard InChI is InChI=1S/C18H14FN3O4/c1-26-15-9-5-4-8-14(15)22-17(24)11(16(23)21-18(22)25)10-20-13-7-3-2-6-12(13)19/h2-11H,1H3,(H,21,23,25)/t11-/m1/s1. The lowest BCUT2D eigenvalue weighted by Gasteiger charge is -2.29. The summed E-state index contributed by atoms with van der Waals surface area (Å²) in [5.74, 6) is -3.31. The fourth-order valence-electron chi connectivity index (χ4n) is 2.48. The molecule has 1 N–H and O–H groups in total. The fourth-order valence-corrected chi connectivity index (χ4v) is 2.48. The summed E-state index contributed by atoms with van der Waals surface area (Å²) in [5.41, 5.74) is 0.170. The molecule has 1 heterocycles. The van der Waals surface area contributed by atoms with E-state index < -0.39 is 29.6 Å². The van der Waals surface area contributed by atoms with Gasteiger partial charge in [-0.15, -0.1) is 0 Å². The molecule has 0 unspecified atom stereocenters. The number of hydrogen-bond donors (Lipinski definition) is 1. The molecular formula is C18H14FN3O4. The van der Waals surface area contributed by atoms with Gasteiger partial charge in [0.05, 0.1) is 18.5 Å². The molecule has 0 saturated carbocycles. The molecule has 1 saturated heterocycles. The third kappa shape index (κ3) is 3.16. The van der Waals surface area contributed by atoms with Gasteiger partial charge in [0.15, 0.2) is 5.92 Å². The van der Waals surface area contributed by atoms with Crippen molar-refractivity contribution in [2.45, 2.75) is 0 Å². The summed E-state index contributed by atoms with van der Waals surface area (Å²) < 4.78 is 18.8. The minimum atomic E-state index is -1.38. The van der Waals surface area contributed by atoms with Crippen LogP contribution in [0.15, 0.2) is 53.5 Å². The molecule has 1 aliphatic heterocycles. The number of urea groups is 1. The number of ether oxygens (including phenoxy) is 1. The van der Waals surface area contributed by atoms with Crippen molar-refractivity contribution in [3.05, 3.63) is 54.3 Å². The van der Waals surface area contributed by atoms with Gasteiger partial charge in [0.2, 0.25) is 5.91 Å². The van der Waals surface area contributed by atoms with Gasteiger partial charge in [0.1, 0.15) is 11.6 Å². The fraction of sp³-hybridized carbons (Fsp3) is 0.111. The molecule has 0 radical (unpaired) electrons. The lowest BCUT2D eigenvalue weighted by atomic mass is 10.1. The zero-order chi connectivity index (χ0) is 18.7. The van der Waals surface area contributed by atoms with Crippen LogP contribution in [-0.2, 0) is 9.59 Å². The highest BCUT2D eigenvalue weighted by Crippen LogP contribution is 2.30. The summed E-state index contributed by atoms with van der Waals surface area (Å²) in [5, 5.41) is 2.10. The van der Waals surface area contributed by atoms with Crippen LogP contribution in [0.1, 0.15) is 0 Å². The van der Waals surface area contributed by atoms with Gasteiger partial charge < -0.3 is 4.74 Å². The van der Waals surface area contributed by atoms with Crippen LogP contribution in [0.3, 0.4) is 0 Å². The normalized spacial score (nSPS) is 17.5. The smallest absolute Gasteiger partial charge is 0.335 e. The van der Waals surface area contributed by atoms with Crippen LogP contribution in [0, 0.1) is 11.7 Å². The first-order valence-corrected chi connectivity index (χ1v) is 7.63. The lowest BCUT2D eigenvalue weighted by Crippen LogP contribution is -2.58. The van der Waals surface area contributed by atoms with Crippen molar-refractivity contribution in [3.63, 3.8) is 0 Å². The number of nitrogens with one attached hydrogen (secondary N) is 1. The third-order valence-corrected chi connectivity index (χ3v) is 3.74. The number of benzene rings is 2. The van der Waals surface area contributed by atoms with E-state index in [0.717, 1.165) is 11.1 Å². The van der Waals surface area contributed by atoms with E-state index in [2.05, 4.69) is 10.3 Å². The highest BCUT2D eigenvalue weighted by atomic mass is 19.1. The number of hydrogen-bond acceptors (Lipinski definition) is 5. The Morgan fingerprint density at radius 3 is 2.54 bits per heavy atom. The Kier molecular flexibility index (Phi) is 4.74. The Labute approximate surface area is 148 Å². The Morgan fingerprint density at radius 1 is 1.12 bits per heavy atom. The number of imide groups is 2. The molecule has 0 aliphatic carbocycles. The summed E-state index contributed by atoms with van der Waals surface area (Å²) >= 11 is 0. The van der Waals surface area contributed by atoms with Gasteiger partial charge in [-0.25, -0.2) is 14.1 Å². The average molecular weight is 355 g/mol. The largest absolute Gasteiger partial charge is 0.495 e. The maximum absolute atomic E-state index is 13.7. The van der Waals surface area contributed by atoms with Gasteiger partial charge in [-0.1, -0.05) is 24.3 Å². The summed E-state index contributed by atoms with van der Waals surface area (Å²) in [7, 11) is 1.40. The first kappa shape index (κ1) is 17.3. The number of barbiturate groups is 1. The van der Waals surface area contributed by atoms with Gasteiger partial charge in [0.25, 0.3) is 5.91 Å². The number of halogens is 1. The van der Waals surface area contributed by atoms with Crippen molar-refractivity contribution >= 4 is 35.4 Å². The number of para-hydroxylation sites is 3. The Morgan fingerprint density at radius 2 is 1.81 bits per heavy atom. The Hall–Kier alpha value is -3.55. The summed E-state index contributed by atoms with van der Waals surface area (Å²) in [6, 6.07) is 11.2. The van der Waals surface area contributed by atoms with E-state index in [1.807, 2.05) is 0 Å². The predicted octanol–water partition coefficient (Wildman–Crippen LogP) is 2.44. The van der Waals surface area contributed by atoms with E-state index in [-0.39, 0.29) is 17.1 Å². The van der Waals surface area contributed by atoms with Crippen LogP contribution in [0.4, 0.5) is 20.6 Å². The zero-order valence-electron chi connectivity index (χ0n) is 13.7. The topological polar surface area (TPSA) is 88.1 Å². The minimum absolute atomic E-state index is 0.0196. The number of carbonyl (C=O) groups is 3. The van der Waals surface area contributed by atoms with E-state index in [0.29, 0.717) is 0 Å². The second-order valence-electron chi connectivity index (χ2n) is 5.35. The molecule has 2 aromatic carbocycles. The van der Waals surface area contributed by atoms with Crippen LogP contribution in [-0.4, -0.2) is 31.2 Å². The second-order valence-corrected chi connectivity index (χ2v) is 5.35. The van der Waals surface area contributed by atoms with Gasteiger partial charge in [-0.2, -0.15) is 0 Å². The molecule has 26 heavy (non-hydrogen) atoms. The van der Waals surface area contributed by atoms with E-state index in [1.54, 1.807) is 24.3 Å². The van der Waals surface area contributed by atoms with Gasteiger partial charge in [-0.3, -0.25) is 19.9 Å². The van der Waals surface area contributed by atoms with Crippen molar-refractivity contribution in [3.8, 4) is 5.75 Å². The van der Waals surface area contributed by atoms with Crippen LogP contribution in [0.2, 0.25) is 0 Å². The summed E-state index contributed by atoms with van der Waals surface area (Å²) in [6.45, 7) is 0. The highest BCUT2D eigenvalue weighted by molar-refractivity contribution is 6.33. The number of nitrogens with zero attached hydrogens (tertiary/aromatic N) is 2. The van der Waals surface area contributed by atoms with Crippen LogP contribution in [0.5, 0.6) is 5.75 Å². The van der Waals surface area contributed by atoms with Crippen LogP contribution < -0.4 is 15.0 Å². The average Bonchev–Trinajstić information content (AvgIpc) is 2.63. The molecule has 8 heteroatoms. The molecule has 3 rings (SSSR count). The van der Waals surface area contributed by atoms with Crippen molar-refractivity contribution < 1.29 is 23.5 Å². The van der Waals surface area contributed by atoms with Crippen molar-refractivity contribution in [1.82, 2.24) is 5.32 Å². The number of methoxy groups -OCH3 is 1. The quantitative estimate of drug-likeness (QED) is 0.674. The predicted molar refractivity (Wildman–Crippen MR) is 92.1 cm³/mol. The second kappa shape index (κ2) is 7.14. The van der Waals surface area contributed by atoms with Gasteiger partial charge in [0, 0.05) is 6.21 Å². The highest BCUT2D eigenvalue weighted by Gasteiger charge is 2.41. The molecule has 2 aromatic rings. The van der Waals surface area contributed by atoms with E-state index in [9.17, 15) is 18.8 Å². The number of amides is 4. The number of rotatable bonds is 4. The number of aliphatic imine (C=N–C) groups is 1. The van der Waals surface area contributed by atoms with Crippen LogP contribution in [0.25, 0.3) is 0 Å². The van der Waals surface area contributed by atoms with Crippen molar-refractivity contribution in [2.24, 2.45) is 10.9 Å². The summed E-state index contributed by atoms with van der Waals surface area (Å²) in [6.07, 6.45) is 1.02. The maximum atomic E-state index is 13.7. The third-order valence-electron chi connectivity index (χ3n) is 3.74. The molecule has 0 bridgehead atoms. The molecule has 1 atom stereocenters. The number of anilines is 1. The van der Waals surface area contributed by atoms with Crippen molar-refractivity contribution in [1.29, 1.82) is 0 Å². The first-order valence-electron chi connectivity index (χ1n) is 7.63. The molecule has 132 valence electrons. The van der Waals surface area contributed by atoms with E-state index >= 15 is 0 Å².